The molecule has 27 heavy (non-hydrogen) atoms. The zero-order valence-electron chi connectivity index (χ0n) is 15.7. The molecule has 2 aliphatic rings. The third-order valence-electron chi connectivity index (χ3n) is 5.20. The monoisotopic (exact) mass is 374 g/mol. The Morgan fingerprint density at radius 1 is 1.22 bits per heavy atom. The summed E-state index contributed by atoms with van der Waals surface area (Å²) >= 11 is 0. The molecule has 0 aliphatic carbocycles. The molecule has 2 aromatic rings. The first-order valence-corrected chi connectivity index (χ1v) is 9.60. The van der Waals surface area contributed by atoms with Crippen LogP contribution in [0.1, 0.15) is 37.6 Å². The molecule has 0 saturated carbocycles. The zero-order valence-corrected chi connectivity index (χ0v) is 15.7. The van der Waals surface area contributed by atoms with Gasteiger partial charge in [0.15, 0.2) is 0 Å². The number of rotatable bonds is 7. The van der Waals surface area contributed by atoms with Gasteiger partial charge in [-0.15, -0.1) is 0 Å². The Morgan fingerprint density at radius 3 is 2.96 bits per heavy atom. The summed E-state index contributed by atoms with van der Waals surface area (Å²) in [6, 6.07) is 4.37. The van der Waals surface area contributed by atoms with Crippen LogP contribution in [-0.4, -0.2) is 66.1 Å². The van der Waals surface area contributed by atoms with Gasteiger partial charge in [-0.1, -0.05) is 5.16 Å². The van der Waals surface area contributed by atoms with Gasteiger partial charge in [0.1, 0.15) is 18.1 Å². The molecule has 4 heterocycles. The lowest BCUT2D eigenvalue weighted by Gasteiger charge is -2.33. The standard InChI is InChI=1S/C19H26N4O4/c1-24-11-12-26-15-4-7-20-16(13-15)18-21-19(27-22-18)17-3-2-8-23(17)14-5-9-25-10-6-14/h4,7,13-14,17H,2-3,5-6,8-12H2,1H3/t17-/m0/s1. The molecule has 1 atom stereocenters. The Balaban J connectivity index is 1.47. The normalized spacial score (nSPS) is 21.6. The third kappa shape index (κ3) is 4.28. The van der Waals surface area contributed by atoms with Gasteiger partial charge < -0.3 is 18.7 Å². The predicted octanol–water partition coefficient (Wildman–Crippen LogP) is 2.47. The maximum absolute atomic E-state index is 5.64. The molecule has 0 amide bonds. The van der Waals surface area contributed by atoms with Crippen molar-refractivity contribution in [3.8, 4) is 17.3 Å². The molecule has 2 saturated heterocycles. The summed E-state index contributed by atoms with van der Waals surface area (Å²) in [5.74, 6) is 1.90. The molecule has 146 valence electrons. The molecule has 0 unspecified atom stereocenters. The van der Waals surface area contributed by atoms with Crippen molar-refractivity contribution in [1.29, 1.82) is 0 Å². The van der Waals surface area contributed by atoms with E-state index in [2.05, 4.69) is 20.0 Å². The van der Waals surface area contributed by atoms with Gasteiger partial charge in [-0.25, -0.2) is 0 Å². The smallest absolute Gasteiger partial charge is 0.244 e. The van der Waals surface area contributed by atoms with E-state index in [0.717, 1.165) is 45.4 Å². The van der Waals surface area contributed by atoms with Crippen LogP contribution in [0.3, 0.4) is 0 Å². The molecule has 0 N–H and O–H groups in total. The Labute approximate surface area is 158 Å². The number of nitrogens with zero attached hydrogens (tertiary/aromatic N) is 4. The number of aromatic nitrogens is 3. The number of ether oxygens (including phenoxy) is 3. The van der Waals surface area contributed by atoms with Gasteiger partial charge in [-0.2, -0.15) is 4.98 Å². The van der Waals surface area contributed by atoms with Gasteiger partial charge in [-0.3, -0.25) is 9.88 Å². The molecule has 2 aliphatic heterocycles. The zero-order chi connectivity index (χ0) is 18.5. The Hall–Kier alpha value is -2.03. The van der Waals surface area contributed by atoms with Crippen LogP contribution >= 0.6 is 0 Å². The highest BCUT2D eigenvalue weighted by molar-refractivity contribution is 5.50. The average molecular weight is 374 g/mol. The second-order valence-corrected chi connectivity index (χ2v) is 6.91. The van der Waals surface area contributed by atoms with Crippen molar-refractivity contribution in [3.63, 3.8) is 0 Å². The minimum Gasteiger partial charge on any atom is -0.491 e. The molecule has 8 heteroatoms. The molecule has 4 rings (SSSR count). The summed E-state index contributed by atoms with van der Waals surface area (Å²) in [5, 5.41) is 4.17. The minimum absolute atomic E-state index is 0.190. The quantitative estimate of drug-likeness (QED) is 0.684. The van der Waals surface area contributed by atoms with E-state index in [0.29, 0.717) is 42.4 Å². The summed E-state index contributed by atoms with van der Waals surface area (Å²) in [7, 11) is 1.65. The number of hydrogen-bond acceptors (Lipinski definition) is 8. The summed E-state index contributed by atoms with van der Waals surface area (Å²) in [6.45, 7) is 3.77. The van der Waals surface area contributed by atoms with Crippen LogP contribution in [0.4, 0.5) is 0 Å². The van der Waals surface area contributed by atoms with Crippen LogP contribution < -0.4 is 4.74 Å². The summed E-state index contributed by atoms with van der Waals surface area (Å²) in [4.78, 5) is 11.5. The first-order valence-electron chi connectivity index (χ1n) is 9.60. The lowest BCUT2D eigenvalue weighted by molar-refractivity contribution is 0.0243. The fourth-order valence-electron chi connectivity index (χ4n) is 3.85. The largest absolute Gasteiger partial charge is 0.491 e. The second-order valence-electron chi connectivity index (χ2n) is 6.91. The topological polar surface area (TPSA) is 82.7 Å². The first kappa shape index (κ1) is 18.3. The van der Waals surface area contributed by atoms with Crippen molar-refractivity contribution in [3.05, 3.63) is 24.2 Å². The van der Waals surface area contributed by atoms with Crippen molar-refractivity contribution in [2.45, 2.75) is 37.8 Å². The van der Waals surface area contributed by atoms with E-state index in [1.165, 1.54) is 0 Å². The summed E-state index contributed by atoms with van der Waals surface area (Å²) in [6.07, 6.45) is 6.03. The van der Waals surface area contributed by atoms with Crippen LogP contribution in [0.15, 0.2) is 22.9 Å². The number of pyridine rings is 1. The van der Waals surface area contributed by atoms with Gasteiger partial charge in [0, 0.05) is 38.6 Å². The lowest BCUT2D eigenvalue weighted by atomic mass is 10.1. The van der Waals surface area contributed by atoms with Crippen molar-refractivity contribution >= 4 is 0 Å². The molecular formula is C19H26N4O4. The average Bonchev–Trinajstić information content (AvgIpc) is 3.39. The van der Waals surface area contributed by atoms with Crippen LogP contribution in [-0.2, 0) is 9.47 Å². The molecule has 0 radical (unpaired) electrons. The molecule has 8 nitrogen and oxygen atoms in total. The third-order valence-corrected chi connectivity index (χ3v) is 5.20. The van der Waals surface area contributed by atoms with Crippen molar-refractivity contribution < 1.29 is 18.7 Å². The van der Waals surface area contributed by atoms with Crippen molar-refractivity contribution in [1.82, 2.24) is 20.0 Å². The van der Waals surface area contributed by atoms with Crippen molar-refractivity contribution in [2.24, 2.45) is 0 Å². The van der Waals surface area contributed by atoms with E-state index in [1.54, 1.807) is 13.3 Å². The molecule has 0 spiro atoms. The lowest BCUT2D eigenvalue weighted by Crippen LogP contribution is -2.39. The van der Waals surface area contributed by atoms with Gasteiger partial charge in [0.25, 0.3) is 0 Å². The summed E-state index contributed by atoms with van der Waals surface area (Å²) < 4.78 is 21.8. The minimum atomic E-state index is 0.190. The highest BCUT2D eigenvalue weighted by Crippen LogP contribution is 2.35. The maximum Gasteiger partial charge on any atom is 0.244 e. The Morgan fingerprint density at radius 2 is 2.11 bits per heavy atom. The van der Waals surface area contributed by atoms with E-state index < -0.39 is 0 Å². The number of hydrogen-bond donors (Lipinski definition) is 0. The van der Waals surface area contributed by atoms with Crippen LogP contribution in [0.25, 0.3) is 11.5 Å². The van der Waals surface area contributed by atoms with Gasteiger partial charge >= 0.3 is 0 Å². The summed E-state index contributed by atoms with van der Waals surface area (Å²) in [5.41, 5.74) is 0.649. The van der Waals surface area contributed by atoms with Crippen molar-refractivity contribution in [2.75, 3.05) is 40.1 Å². The highest BCUT2D eigenvalue weighted by Gasteiger charge is 2.36. The number of likely N-dealkylation sites (tertiary alicyclic amines) is 1. The van der Waals surface area contributed by atoms with E-state index in [1.807, 2.05) is 12.1 Å². The molecule has 2 fully saturated rings. The highest BCUT2D eigenvalue weighted by atomic mass is 16.5. The maximum atomic E-state index is 5.64. The van der Waals surface area contributed by atoms with E-state index in [4.69, 9.17) is 18.7 Å². The van der Waals surface area contributed by atoms with Crippen LogP contribution in [0.2, 0.25) is 0 Å². The molecule has 0 aromatic carbocycles. The predicted molar refractivity (Wildman–Crippen MR) is 97.4 cm³/mol. The van der Waals surface area contributed by atoms with Gasteiger partial charge in [-0.05, 0) is 38.3 Å². The van der Waals surface area contributed by atoms with E-state index in [-0.39, 0.29) is 6.04 Å². The van der Waals surface area contributed by atoms with Crippen LogP contribution in [0.5, 0.6) is 5.75 Å². The van der Waals surface area contributed by atoms with Gasteiger partial charge in [0.05, 0.1) is 12.6 Å². The fourth-order valence-corrected chi connectivity index (χ4v) is 3.85. The van der Waals surface area contributed by atoms with Crippen LogP contribution in [0, 0.1) is 0 Å². The Bertz CT molecular complexity index is 732. The molecular weight excluding hydrogens is 348 g/mol. The van der Waals surface area contributed by atoms with E-state index >= 15 is 0 Å². The second kappa shape index (κ2) is 8.77. The SMILES string of the molecule is COCCOc1ccnc(-c2noc([C@@H]3CCCN3C3CCOCC3)n2)c1. The molecule has 2 aromatic heterocycles. The number of methoxy groups -OCH3 is 1. The van der Waals surface area contributed by atoms with Gasteiger partial charge in [0.2, 0.25) is 11.7 Å². The molecule has 0 bridgehead atoms. The first-order chi connectivity index (χ1) is 13.3. The fraction of sp³-hybridized carbons (Fsp3) is 0.632. The van der Waals surface area contributed by atoms with E-state index in [9.17, 15) is 0 Å². The Kier molecular flexibility index (Phi) is 5.96.